The van der Waals surface area contributed by atoms with Gasteiger partial charge in [-0.15, -0.1) is 0 Å². The molecule has 3 rings (SSSR count). The summed E-state index contributed by atoms with van der Waals surface area (Å²) in [5.74, 6) is -0.804. The van der Waals surface area contributed by atoms with Gasteiger partial charge in [0.15, 0.2) is 5.69 Å². The van der Waals surface area contributed by atoms with Crippen LogP contribution in [0, 0.1) is 5.82 Å². The number of nitrogens with one attached hydrogen (secondary N) is 1. The van der Waals surface area contributed by atoms with Gasteiger partial charge in [-0.2, -0.15) is 5.10 Å². The zero-order valence-electron chi connectivity index (χ0n) is 15.5. The fourth-order valence-corrected chi connectivity index (χ4v) is 3.33. The Labute approximate surface area is 157 Å². The molecule has 0 unspecified atom stereocenters. The molecule has 1 aliphatic carbocycles. The Morgan fingerprint density at radius 3 is 2.70 bits per heavy atom. The summed E-state index contributed by atoms with van der Waals surface area (Å²) in [7, 11) is 0. The number of hydrogen-bond acceptors (Lipinski definition) is 4. The molecule has 1 heterocycles. The normalized spacial score (nSPS) is 13.1. The molecule has 1 aromatic carbocycles. The molecule has 27 heavy (non-hydrogen) atoms. The number of esters is 1. The van der Waals surface area contributed by atoms with E-state index < -0.39 is 0 Å². The van der Waals surface area contributed by atoms with Crippen LogP contribution in [-0.4, -0.2) is 34.8 Å². The predicted molar refractivity (Wildman–Crippen MR) is 98.4 cm³/mol. The van der Waals surface area contributed by atoms with Crippen molar-refractivity contribution in [3.63, 3.8) is 0 Å². The Kier molecular flexibility index (Phi) is 6.21. The SMILES string of the molecule is CCOC(=O)CCCNC(=O)c1nn(-c2ccc(F)cc2)c2c1CCCC2. The van der Waals surface area contributed by atoms with E-state index in [-0.39, 0.29) is 24.1 Å². The van der Waals surface area contributed by atoms with E-state index >= 15 is 0 Å². The quantitative estimate of drug-likeness (QED) is 0.598. The van der Waals surface area contributed by atoms with Gasteiger partial charge in [-0.25, -0.2) is 9.07 Å². The molecule has 1 amide bonds. The molecule has 0 radical (unpaired) electrons. The number of rotatable bonds is 7. The molecule has 1 N–H and O–H groups in total. The first kappa shape index (κ1) is 19.1. The van der Waals surface area contributed by atoms with Crippen LogP contribution in [0.4, 0.5) is 4.39 Å². The number of amides is 1. The van der Waals surface area contributed by atoms with Gasteiger partial charge in [-0.05, 0) is 63.3 Å². The molecule has 1 aliphatic rings. The van der Waals surface area contributed by atoms with E-state index in [4.69, 9.17) is 4.74 Å². The molecule has 0 aliphatic heterocycles. The lowest BCUT2D eigenvalue weighted by molar-refractivity contribution is -0.143. The minimum atomic E-state index is -0.306. The summed E-state index contributed by atoms with van der Waals surface area (Å²) in [4.78, 5) is 24.0. The van der Waals surface area contributed by atoms with Crippen LogP contribution in [0.5, 0.6) is 0 Å². The topological polar surface area (TPSA) is 73.2 Å². The Morgan fingerprint density at radius 2 is 1.96 bits per heavy atom. The lowest BCUT2D eigenvalue weighted by Crippen LogP contribution is -2.26. The van der Waals surface area contributed by atoms with Gasteiger partial charge in [0.25, 0.3) is 5.91 Å². The molecule has 144 valence electrons. The molecule has 0 bridgehead atoms. The van der Waals surface area contributed by atoms with Crippen LogP contribution < -0.4 is 5.32 Å². The minimum absolute atomic E-state index is 0.238. The van der Waals surface area contributed by atoms with Crippen LogP contribution in [0.3, 0.4) is 0 Å². The number of carbonyl (C=O) groups is 2. The summed E-state index contributed by atoms with van der Waals surface area (Å²) in [6.07, 6.45) is 4.51. The second-order valence-electron chi connectivity index (χ2n) is 6.53. The van der Waals surface area contributed by atoms with Crippen molar-refractivity contribution in [2.45, 2.75) is 45.4 Å². The van der Waals surface area contributed by atoms with Gasteiger partial charge in [-0.3, -0.25) is 9.59 Å². The minimum Gasteiger partial charge on any atom is -0.466 e. The van der Waals surface area contributed by atoms with Gasteiger partial charge in [0.2, 0.25) is 0 Å². The molecular formula is C20H24FN3O3. The van der Waals surface area contributed by atoms with Crippen molar-refractivity contribution in [2.75, 3.05) is 13.2 Å². The fraction of sp³-hybridized carbons (Fsp3) is 0.450. The number of ether oxygens (including phenoxy) is 1. The number of benzene rings is 1. The van der Waals surface area contributed by atoms with Gasteiger partial charge in [0.05, 0.1) is 12.3 Å². The third kappa shape index (κ3) is 4.53. The first-order valence-electron chi connectivity index (χ1n) is 9.40. The number of halogens is 1. The highest BCUT2D eigenvalue weighted by Crippen LogP contribution is 2.27. The molecule has 0 spiro atoms. The molecule has 6 nitrogen and oxygen atoms in total. The predicted octanol–water partition coefficient (Wildman–Crippen LogP) is 2.96. The summed E-state index contributed by atoms with van der Waals surface area (Å²) in [6.45, 7) is 2.51. The van der Waals surface area contributed by atoms with Crippen molar-refractivity contribution in [2.24, 2.45) is 0 Å². The second-order valence-corrected chi connectivity index (χ2v) is 6.53. The highest BCUT2D eigenvalue weighted by atomic mass is 19.1. The van der Waals surface area contributed by atoms with Crippen LogP contribution in [0.25, 0.3) is 5.69 Å². The zero-order valence-corrected chi connectivity index (χ0v) is 15.5. The first-order chi connectivity index (χ1) is 13.1. The van der Waals surface area contributed by atoms with E-state index in [1.165, 1.54) is 12.1 Å². The molecule has 0 saturated heterocycles. The average Bonchev–Trinajstić information content (AvgIpc) is 3.06. The molecule has 0 fully saturated rings. The maximum absolute atomic E-state index is 13.2. The van der Waals surface area contributed by atoms with Crippen molar-refractivity contribution >= 4 is 11.9 Å². The van der Waals surface area contributed by atoms with E-state index in [2.05, 4.69) is 10.4 Å². The van der Waals surface area contributed by atoms with Gasteiger partial charge < -0.3 is 10.1 Å². The Hall–Kier alpha value is -2.70. The molecule has 7 heteroatoms. The second kappa shape index (κ2) is 8.79. The summed E-state index contributed by atoms with van der Waals surface area (Å²) >= 11 is 0. The van der Waals surface area contributed by atoms with Crippen LogP contribution >= 0.6 is 0 Å². The van der Waals surface area contributed by atoms with E-state index in [1.807, 2.05) is 0 Å². The monoisotopic (exact) mass is 373 g/mol. The molecule has 1 aromatic heterocycles. The van der Waals surface area contributed by atoms with Gasteiger partial charge >= 0.3 is 5.97 Å². The van der Waals surface area contributed by atoms with E-state index in [0.717, 1.165) is 42.6 Å². The Balaban J connectivity index is 1.72. The summed E-state index contributed by atoms with van der Waals surface area (Å²) in [5, 5.41) is 7.36. The number of nitrogens with zero attached hydrogens (tertiary/aromatic N) is 2. The lowest BCUT2D eigenvalue weighted by Gasteiger charge is -2.14. The Morgan fingerprint density at radius 1 is 1.22 bits per heavy atom. The van der Waals surface area contributed by atoms with Crippen LogP contribution in [0.1, 0.15) is 54.4 Å². The summed E-state index contributed by atoms with van der Waals surface area (Å²) in [5.41, 5.74) is 3.15. The van der Waals surface area contributed by atoms with Crippen molar-refractivity contribution in [1.29, 1.82) is 0 Å². The Bertz CT molecular complexity index is 815. The number of aromatic nitrogens is 2. The van der Waals surface area contributed by atoms with Gasteiger partial charge in [0, 0.05) is 24.2 Å². The maximum Gasteiger partial charge on any atom is 0.305 e. The third-order valence-corrected chi connectivity index (χ3v) is 4.62. The van der Waals surface area contributed by atoms with Crippen molar-refractivity contribution in [1.82, 2.24) is 15.1 Å². The van der Waals surface area contributed by atoms with Gasteiger partial charge in [-0.1, -0.05) is 0 Å². The number of fused-ring (bicyclic) bond motifs is 1. The number of hydrogen-bond donors (Lipinski definition) is 1. The number of carbonyl (C=O) groups excluding carboxylic acids is 2. The van der Waals surface area contributed by atoms with E-state index in [1.54, 1.807) is 23.7 Å². The summed E-state index contributed by atoms with van der Waals surface area (Å²) in [6, 6.07) is 6.11. The molecule has 0 atom stereocenters. The zero-order chi connectivity index (χ0) is 19.2. The van der Waals surface area contributed by atoms with E-state index in [0.29, 0.717) is 25.3 Å². The maximum atomic E-state index is 13.2. The van der Waals surface area contributed by atoms with Crippen LogP contribution in [0.15, 0.2) is 24.3 Å². The van der Waals surface area contributed by atoms with Crippen LogP contribution in [-0.2, 0) is 22.4 Å². The molecule has 0 saturated carbocycles. The highest BCUT2D eigenvalue weighted by Gasteiger charge is 2.25. The molecule has 2 aromatic rings. The molecular weight excluding hydrogens is 349 g/mol. The largest absolute Gasteiger partial charge is 0.466 e. The first-order valence-corrected chi connectivity index (χ1v) is 9.40. The highest BCUT2D eigenvalue weighted by molar-refractivity contribution is 5.94. The van der Waals surface area contributed by atoms with E-state index in [9.17, 15) is 14.0 Å². The van der Waals surface area contributed by atoms with Crippen LogP contribution in [0.2, 0.25) is 0 Å². The average molecular weight is 373 g/mol. The standard InChI is InChI=1S/C20H24FN3O3/c1-2-27-18(25)8-5-13-22-20(26)19-16-6-3-4-7-17(16)24(23-19)15-11-9-14(21)10-12-15/h9-12H,2-8,13H2,1H3,(H,22,26). The van der Waals surface area contributed by atoms with Crippen molar-refractivity contribution in [3.05, 3.63) is 47.0 Å². The smallest absolute Gasteiger partial charge is 0.305 e. The lowest BCUT2D eigenvalue weighted by atomic mass is 9.95. The summed E-state index contributed by atoms with van der Waals surface area (Å²) < 4.78 is 19.9. The third-order valence-electron chi connectivity index (χ3n) is 4.62. The van der Waals surface area contributed by atoms with Gasteiger partial charge in [0.1, 0.15) is 5.82 Å². The van der Waals surface area contributed by atoms with Crippen molar-refractivity contribution in [3.8, 4) is 5.69 Å². The van der Waals surface area contributed by atoms with Crippen molar-refractivity contribution < 1.29 is 18.7 Å². The fourth-order valence-electron chi connectivity index (χ4n) is 3.33.